The summed E-state index contributed by atoms with van der Waals surface area (Å²) in [5.74, 6) is 0. The van der Waals surface area contributed by atoms with Crippen LogP contribution in [0.4, 0.5) is 0 Å². The molecule has 0 atom stereocenters. The van der Waals surface area contributed by atoms with Crippen molar-refractivity contribution in [1.82, 2.24) is 30.5 Å². The zero-order chi connectivity index (χ0) is 14.2. The van der Waals surface area contributed by atoms with Crippen LogP contribution in [0.3, 0.4) is 0 Å². The minimum atomic E-state index is 0.491. The Labute approximate surface area is 127 Å². The topological polar surface area (TPSA) is 68.5 Å². The van der Waals surface area contributed by atoms with Gasteiger partial charge < -0.3 is 5.32 Å². The lowest BCUT2D eigenvalue weighted by molar-refractivity contribution is 0.565. The normalized spacial score (nSPS) is 18.1. The van der Waals surface area contributed by atoms with Crippen molar-refractivity contribution in [3.8, 4) is 0 Å². The molecule has 2 fully saturated rings. The Balaban J connectivity index is 1.47. The molecule has 2 aromatic rings. The highest BCUT2D eigenvalue weighted by Crippen LogP contribution is 2.38. The maximum Gasteiger partial charge on any atom is 0.215 e. The maximum absolute atomic E-state index is 4.59. The van der Waals surface area contributed by atoms with Gasteiger partial charge >= 0.3 is 0 Å². The Morgan fingerprint density at radius 2 is 2.19 bits per heavy atom. The molecule has 2 aliphatic rings. The smallest absolute Gasteiger partial charge is 0.215 e. The molecule has 4 rings (SSSR count). The quantitative estimate of drug-likeness (QED) is 0.881. The fourth-order valence-electron chi connectivity index (χ4n) is 2.26. The van der Waals surface area contributed by atoms with Gasteiger partial charge in [0.25, 0.3) is 0 Å². The standard InChI is InChI=1S/C14H18N6S/c1-9-6-10(7-15-11-2-3-11)8-16-13(9)21-14-17-18-19-20(14)12-4-5-12/h6,8,11-12,15H,2-5,7H2,1H3. The zero-order valence-corrected chi connectivity index (χ0v) is 12.8. The van der Waals surface area contributed by atoms with Gasteiger partial charge in [-0.25, -0.2) is 9.67 Å². The number of nitrogens with zero attached hydrogens (tertiary/aromatic N) is 5. The third-order valence-corrected chi connectivity index (χ3v) is 4.87. The number of pyridine rings is 1. The second-order valence-corrected chi connectivity index (χ2v) is 6.82. The number of aromatic nitrogens is 5. The first-order chi connectivity index (χ1) is 10.3. The Bertz CT molecular complexity index is 647. The maximum atomic E-state index is 4.59. The molecule has 0 aliphatic heterocycles. The van der Waals surface area contributed by atoms with Crippen LogP contribution in [0.2, 0.25) is 0 Å². The average Bonchev–Trinajstić information content (AvgIpc) is 3.40. The molecule has 0 saturated heterocycles. The van der Waals surface area contributed by atoms with Crippen LogP contribution in [0.25, 0.3) is 0 Å². The van der Waals surface area contributed by atoms with Gasteiger partial charge in [-0.2, -0.15) is 0 Å². The Morgan fingerprint density at radius 1 is 1.33 bits per heavy atom. The van der Waals surface area contributed by atoms with Gasteiger partial charge in [0.05, 0.1) is 6.04 Å². The zero-order valence-electron chi connectivity index (χ0n) is 12.0. The predicted octanol–water partition coefficient (Wildman–Crippen LogP) is 2.11. The summed E-state index contributed by atoms with van der Waals surface area (Å²) < 4.78 is 1.92. The highest BCUT2D eigenvalue weighted by atomic mass is 32.2. The molecule has 0 radical (unpaired) electrons. The van der Waals surface area contributed by atoms with E-state index in [2.05, 4.69) is 38.8 Å². The summed E-state index contributed by atoms with van der Waals surface area (Å²) in [6.45, 7) is 3.00. The highest BCUT2D eigenvalue weighted by Gasteiger charge is 2.28. The van der Waals surface area contributed by atoms with Gasteiger partial charge in [-0.05, 0) is 65.9 Å². The monoisotopic (exact) mass is 302 g/mol. The van der Waals surface area contributed by atoms with E-state index >= 15 is 0 Å². The fourth-order valence-corrected chi connectivity index (χ4v) is 3.12. The molecule has 0 bridgehead atoms. The molecule has 0 unspecified atom stereocenters. The second-order valence-electron chi connectivity index (χ2n) is 5.86. The molecule has 0 amide bonds. The van der Waals surface area contributed by atoms with Gasteiger partial charge in [0.2, 0.25) is 5.16 Å². The largest absolute Gasteiger partial charge is 0.310 e. The number of nitrogens with one attached hydrogen (secondary N) is 1. The minimum absolute atomic E-state index is 0.491. The van der Waals surface area contributed by atoms with Crippen molar-refractivity contribution in [3.05, 3.63) is 23.4 Å². The third kappa shape index (κ3) is 3.08. The molecule has 2 saturated carbocycles. The molecule has 2 aromatic heterocycles. The summed E-state index contributed by atoms with van der Waals surface area (Å²) in [6.07, 6.45) is 6.93. The Hall–Kier alpha value is -1.47. The Kier molecular flexibility index (Phi) is 3.39. The lowest BCUT2D eigenvalue weighted by atomic mass is 10.2. The van der Waals surface area contributed by atoms with Crippen LogP contribution >= 0.6 is 11.8 Å². The van der Waals surface area contributed by atoms with E-state index in [-0.39, 0.29) is 0 Å². The third-order valence-electron chi connectivity index (χ3n) is 3.80. The fraction of sp³-hybridized carbons (Fsp3) is 0.571. The number of hydrogen-bond donors (Lipinski definition) is 1. The minimum Gasteiger partial charge on any atom is -0.310 e. The van der Waals surface area contributed by atoms with Crippen LogP contribution in [0.15, 0.2) is 22.4 Å². The van der Waals surface area contributed by atoms with Gasteiger partial charge in [-0.3, -0.25) is 0 Å². The van der Waals surface area contributed by atoms with Crippen molar-refractivity contribution >= 4 is 11.8 Å². The lowest BCUT2D eigenvalue weighted by Crippen LogP contribution is -2.15. The first-order valence-corrected chi connectivity index (χ1v) is 8.26. The van der Waals surface area contributed by atoms with Crippen molar-refractivity contribution in [1.29, 1.82) is 0 Å². The first-order valence-electron chi connectivity index (χ1n) is 7.44. The van der Waals surface area contributed by atoms with Gasteiger partial charge in [0.15, 0.2) is 0 Å². The summed E-state index contributed by atoms with van der Waals surface area (Å²) in [6, 6.07) is 3.42. The SMILES string of the molecule is Cc1cc(CNC2CC2)cnc1Sc1nnnn1C1CC1. The summed E-state index contributed by atoms with van der Waals surface area (Å²) >= 11 is 1.56. The molecule has 0 spiro atoms. The van der Waals surface area contributed by atoms with E-state index in [1.54, 1.807) is 11.8 Å². The van der Waals surface area contributed by atoms with Gasteiger partial charge in [0.1, 0.15) is 5.03 Å². The van der Waals surface area contributed by atoms with E-state index < -0.39 is 0 Å². The summed E-state index contributed by atoms with van der Waals surface area (Å²) in [4.78, 5) is 4.59. The van der Waals surface area contributed by atoms with Gasteiger partial charge in [-0.15, -0.1) is 5.10 Å². The van der Waals surface area contributed by atoms with E-state index in [4.69, 9.17) is 0 Å². The molecule has 110 valence electrons. The van der Waals surface area contributed by atoms with E-state index in [9.17, 15) is 0 Å². The van der Waals surface area contributed by atoms with E-state index in [0.29, 0.717) is 6.04 Å². The van der Waals surface area contributed by atoms with Crippen LogP contribution in [0.1, 0.15) is 42.9 Å². The van der Waals surface area contributed by atoms with Gasteiger partial charge in [0, 0.05) is 18.8 Å². The van der Waals surface area contributed by atoms with Crippen molar-refractivity contribution in [2.75, 3.05) is 0 Å². The number of aryl methyl sites for hydroxylation is 1. The van der Waals surface area contributed by atoms with Crippen molar-refractivity contribution < 1.29 is 0 Å². The Morgan fingerprint density at radius 3 is 2.90 bits per heavy atom. The van der Waals surface area contributed by atoms with Crippen LogP contribution in [-0.4, -0.2) is 31.2 Å². The van der Waals surface area contributed by atoms with Crippen LogP contribution in [0, 0.1) is 6.92 Å². The summed E-state index contributed by atoms with van der Waals surface area (Å²) in [7, 11) is 0. The van der Waals surface area contributed by atoms with E-state index in [0.717, 1.165) is 22.8 Å². The van der Waals surface area contributed by atoms with Crippen LogP contribution in [-0.2, 0) is 6.54 Å². The summed E-state index contributed by atoms with van der Waals surface area (Å²) in [5, 5.41) is 17.3. The summed E-state index contributed by atoms with van der Waals surface area (Å²) in [5.41, 5.74) is 2.42. The lowest BCUT2D eigenvalue weighted by Gasteiger charge is -2.08. The molecular weight excluding hydrogens is 284 g/mol. The molecule has 6 nitrogen and oxygen atoms in total. The predicted molar refractivity (Wildman–Crippen MR) is 79.0 cm³/mol. The number of rotatable bonds is 6. The molecule has 0 aromatic carbocycles. The second kappa shape index (κ2) is 5.38. The molecule has 21 heavy (non-hydrogen) atoms. The average molecular weight is 302 g/mol. The molecule has 7 heteroatoms. The molecule has 1 N–H and O–H groups in total. The van der Waals surface area contributed by atoms with Gasteiger partial charge in [-0.1, -0.05) is 6.07 Å². The highest BCUT2D eigenvalue weighted by molar-refractivity contribution is 7.99. The molecule has 2 heterocycles. The van der Waals surface area contributed by atoms with E-state index in [1.165, 1.54) is 36.8 Å². The van der Waals surface area contributed by atoms with Crippen molar-refractivity contribution in [2.45, 2.75) is 61.4 Å². The number of tetrazole rings is 1. The first kappa shape index (κ1) is 13.2. The number of hydrogen-bond acceptors (Lipinski definition) is 6. The van der Waals surface area contributed by atoms with Crippen molar-refractivity contribution in [3.63, 3.8) is 0 Å². The van der Waals surface area contributed by atoms with Crippen LogP contribution < -0.4 is 5.32 Å². The van der Waals surface area contributed by atoms with E-state index in [1.807, 2.05) is 10.9 Å². The molecule has 2 aliphatic carbocycles. The molecular formula is C14H18N6S. The van der Waals surface area contributed by atoms with Crippen molar-refractivity contribution in [2.24, 2.45) is 0 Å². The van der Waals surface area contributed by atoms with Crippen LogP contribution in [0.5, 0.6) is 0 Å².